The van der Waals surface area contributed by atoms with E-state index in [2.05, 4.69) is 53.9 Å². The molecule has 3 aromatic heterocycles. The van der Waals surface area contributed by atoms with E-state index in [4.69, 9.17) is 4.74 Å². The average molecular weight is 444 g/mol. The quantitative estimate of drug-likeness (QED) is 0.451. The summed E-state index contributed by atoms with van der Waals surface area (Å²) in [6, 6.07) is 11.7. The Morgan fingerprint density at radius 1 is 1.08 bits per heavy atom. The van der Waals surface area contributed by atoms with Crippen molar-refractivity contribution in [2.24, 2.45) is 0 Å². The zero-order valence-corrected chi connectivity index (χ0v) is 15.5. The molecule has 0 N–H and O–H groups in total. The molecule has 3 heterocycles. The predicted octanol–water partition coefficient (Wildman–Crippen LogP) is 2.79. The van der Waals surface area contributed by atoms with Crippen LogP contribution in [0.4, 0.5) is 0 Å². The van der Waals surface area contributed by atoms with E-state index >= 15 is 0 Å². The lowest BCUT2D eigenvalue weighted by Gasteiger charge is -2.04. The van der Waals surface area contributed by atoms with Crippen LogP contribution in [0.5, 0.6) is 5.88 Å². The highest BCUT2D eigenvalue weighted by Gasteiger charge is 2.10. The van der Waals surface area contributed by atoms with Crippen LogP contribution in [0.2, 0.25) is 0 Å². The van der Waals surface area contributed by atoms with Crippen molar-refractivity contribution in [3.63, 3.8) is 0 Å². The minimum atomic E-state index is 0.523. The third kappa shape index (κ3) is 3.29. The fourth-order valence-corrected chi connectivity index (χ4v) is 2.78. The third-order valence-corrected chi connectivity index (χ3v) is 4.24. The number of fused-ring (bicyclic) bond motifs is 1. The van der Waals surface area contributed by atoms with E-state index in [0.717, 1.165) is 20.5 Å². The van der Waals surface area contributed by atoms with Gasteiger partial charge in [0.25, 0.3) is 0 Å². The molecular formula is C17H13IN6O. The molecule has 0 unspecified atom stereocenters. The van der Waals surface area contributed by atoms with Crippen molar-refractivity contribution in [1.82, 2.24) is 29.8 Å². The van der Waals surface area contributed by atoms with Crippen LogP contribution >= 0.6 is 22.6 Å². The molecule has 0 atom stereocenters. The number of methoxy groups -OCH3 is 1. The predicted molar refractivity (Wildman–Crippen MR) is 100 cm³/mol. The van der Waals surface area contributed by atoms with Gasteiger partial charge in [-0.3, -0.25) is 0 Å². The maximum Gasteiger partial charge on any atom is 0.231 e. The lowest BCUT2D eigenvalue weighted by Crippen LogP contribution is -2.02. The molecule has 25 heavy (non-hydrogen) atoms. The molecule has 0 aliphatic rings. The number of hydrogen-bond acceptors (Lipinski definition) is 6. The first kappa shape index (κ1) is 15.9. The van der Waals surface area contributed by atoms with Crippen LogP contribution in [-0.2, 0) is 6.42 Å². The van der Waals surface area contributed by atoms with Gasteiger partial charge < -0.3 is 4.74 Å². The standard InChI is InChI=1S/C17H13IN6O/c1-25-16-6-5-14-21-22-15(24(14)23-16)8-11-3-2-4-12(7-11)17-19-9-13(18)10-20-17/h2-7,9-10H,8H2,1H3. The van der Waals surface area contributed by atoms with Gasteiger partial charge in [-0.2, -0.15) is 4.52 Å². The summed E-state index contributed by atoms with van der Waals surface area (Å²) >= 11 is 2.19. The van der Waals surface area contributed by atoms with E-state index in [9.17, 15) is 0 Å². The average Bonchev–Trinajstić information content (AvgIpc) is 3.04. The molecule has 0 aliphatic carbocycles. The zero-order valence-electron chi connectivity index (χ0n) is 13.3. The monoisotopic (exact) mass is 444 g/mol. The van der Waals surface area contributed by atoms with E-state index in [0.29, 0.717) is 23.8 Å². The van der Waals surface area contributed by atoms with Gasteiger partial charge in [-0.05, 0) is 40.3 Å². The molecule has 0 saturated heterocycles. The maximum atomic E-state index is 5.18. The number of aromatic nitrogens is 6. The Bertz CT molecular complexity index is 1030. The highest BCUT2D eigenvalue weighted by Crippen LogP contribution is 2.19. The Labute approximate surface area is 157 Å². The molecule has 124 valence electrons. The fraction of sp³-hybridized carbons (Fsp3) is 0.118. The van der Waals surface area contributed by atoms with Gasteiger partial charge in [0.05, 0.1) is 7.11 Å². The molecule has 4 aromatic rings. The van der Waals surface area contributed by atoms with Gasteiger partial charge >= 0.3 is 0 Å². The second kappa shape index (κ2) is 6.71. The van der Waals surface area contributed by atoms with Crippen molar-refractivity contribution in [2.45, 2.75) is 6.42 Å². The highest BCUT2D eigenvalue weighted by atomic mass is 127. The first-order valence-electron chi connectivity index (χ1n) is 7.55. The van der Waals surface area contributed by atoms with E-state index in [1.165, 1.54) is 0 Å². The van der Waals surface area contributed by atoms with Crippen LogP contribution in [0, 0.1) is 3.57 Å². The summed E-state index contributed by atoms with van der Waals surface area (Å²) in [5, 5.41) is 12.8. The maximum absolute atomic E-state index is 5.18. The fourth-order valence-electron chi connectivity index (χ4n) is 2.50. The Morgan fingerprint density at radius 3 is 2.72 bits per heavy atom. The highest BCUT2D eigenvalue weighted by molar-refractivity contribution is 14.1. The SMILES string of the molecule is COc1ccc2nnc(Cc3cccc(-c4ncc(I)cn4)c3)n2n1. The smallest absolute Gasteiger partial charge is 0.231 e. The number of ether oxygens (including phenoxy) is 1. The molecule has 0 bridgehead atoms. The zero-order chi connectivity index (χ0) is 17.2. The summed E-state index contributed by atoms with van der Waals surface area (Å²) in [5.74, 6) is 1.97. The third-order valence-electron chi connectivity index (χ3n) is 3.68. The molecule has 0 saturated carbocycles. The summed E-state index contributed by atoms with van der Waals surface area (Å²) < 4.78 is 7.89. The Kier molecular flexibility index (Phi) is 4.26. The molecule has 7 nitrogen and oxygen atoms in total. The number of hydrogen-bond donors (Lipinski definition) is 0. The molecule has 0 spiro atoms. The Balaban J connectivity index is 1.67. The van der Waals surface area contributed by atoms with E-state index in [-0.39, 0.29) is 0 Å². The van der Waals surface area contributed by atoms with Crippen molar-refractivity contribution in [2.75, 3.05) is 7.11 Å². The molecule has 0 radical (unpaired) electrons. The second-order valence-corrected chi connectivity index (χ2v) is 6.61. The van der Waals surface area contributed by atoms with Crippen LogP contribution in [0.15, 0.2) is 48.8 Å². The van der Waals surface area contributed by atoms with Gasteiger partial charge in [-0.25, -0.2) is 9.97 Å². The second-order valence-electron chi connectivity index (χ2n) is 5.36. The van der Waals surface area contributed by atoms with E-state index < -0.39 is 0 Å². The number of benzene rings is 1. The van der Waals surface area contributed by atoms with Gasteiger partial charge in [0.15, 0.2) is 17.3 Å². The number of nitrogens with zero attached hydrogens (tertiary/aromatic N) is 6. The summed E-state index contributed by atoms with van der Waals surface area (Å²) in [6.45, 7) is 0. The van der Waals surface area contributed by atoms with Crippen molar-refractivity contribution < 1.29 is 4.74 Å². The van der Waals surface area contributed by atoms with Gasteiger partial charge in [0, 0.05) is 34.0 Å². The van der Waals surface area contributed by atoms with Gasteiger partial charge in [-0.15, -0.1) is 15.3 Å². The first-order chi connectivity index (χ1) is 12.2. The first-order valence-corrected chi connectivity index (χ1v) is 8.63. The number of rotatable bonds is 4. The molecule has 0 fully saturated rings. The lowest BCUT2D eigenvalue weighted by atomic mass is 10.1. The molecular weight excluding hydrogens is 431 g/mol. The van der Waals surface area contributed by atoms with Crippen LogP contribution in [-0.4, -0.2) is 36.9 Å². The van der Waals surface area contributed by atoms with E-state index in [1.54, 1.807) is 30.1 Å². The summed E-state index contributed by atoms with van der Waals surface area (Å²) in [7, 11) is 1.59. The van der Waals surface area contributed by atoms with Gasteiger partial charge in [0.2, 0.25) is 5.88 Å². The van der Waals surface area contributed by atoms with Gasteiger partial charge in [0.1, 0.15) is 0 Å². The van der Waals surface area contributed by atoms with Crippen molar-refractivity contribution >= 4 is 28.2 Å². The lowest BCUT2D eigenvalue weighted by molar-refractivity contribution is 0.389. The normalized spacial score (nSPS) is 11.0. The molecule has 0 amide bonds. The molecule has 8 heteroatoms. The minimum Gasteiger partial charge on any atom is -0.480 e. The van der Waals surface area contributed by atoms with Crippen molar-refractivity contribution in [3.8, 4) is 17.3 Å². The van der Waals surface area contributed by atoms with E-state index in [1.807, 2.05) is 24.3 Å². The van der Waals surface area contributed by atoms with Crippen LogP contribution < -0.4 is 4.74 Å². The minimum absolute atomic E-state index is 0.523. The van der Waals surface area contributed by atoms with Gasteiger partial charge in [-0.1, -0.05) is 18.2 Å². The summed E-state index contributed by atoms with van der Waals surface area (Å²) in [6.07, 6.45) is 4.20. The topological polar surface area (TPSA) is 78.1 Å². The Morgan fingerprint density at radius 2 is 1.92 bits per heavy atom. The molecule has 4 rings (SSSR count). The van der Waals surface area contributed by atoms with Crippen LogP contribution in [0.1, 0.15) is 11.4 Å². The molecule has 0 aliphatic heterocycles. The summed E-state index contributed by atoms with van der Waals surface area (Å²) in [4.78, 5) is 8.76. The summed E-state index contributed by atoms with van der Waals surface area (Å²) in [5.41, 5.74) is 2.74. The van der Waals surface area contributed by atoms with Crippen molar-refractivity contribution in [3.05, 3.63) is 63.7 Å². The van der Waals surface area contributed by atoms with Crippen LogP contribution in [0.25, 0.3) is 17.0 Å². The van der Waals surface area contributed by atoms with Crippen LogP contribution in [0.3, 0.4) is 0 Å². The largest absolute Gasteiger partial charge is 0.480 e. The Hall–Kier alpha value is -2.62. The number of halogens is 1. The molecule has 1 aromatic carbocycles. The van der Waals surface area contributed by atoms with Crippen molar-refractivity contribution in [1.29, 1.82) is 0 Å².